The maximum atomic E-state index is 12.8. The summed E-state index contributed by atoms with van der Waals surface area (Å²) in [5.74, 6) is -0.176. The van der Waals surface area contributed by atoms with Gasteiger partial charge in [-0.25, -0.2) is 14.7 Å². The van der Waals surface area contributed by atoms with Crippen LogP contribution in [-0.4, -0.2) is 23.1 Å². The summed E-state index contributed by atoms with van der Waals surface area (Å²) in [4.78, 5) is 30.9. The molecule has 25 heavy (non-hydrogen) atoms. The number of carbonyl (C=O) groups is 2. The molecule has 0 radical (unpaired) electrons. The van der Waals surface area contributed by atoms with Crippen LogP contribution >= 0.6 is 23.2 Å². The van der Waals surface area contributed by atoms with Crippen LogP contribution in [0, 0.1) is 0 Å². The fourth-order valence-electron chi connectivity index (χ4n) is 2.61. The van der Waals surface area contributed by atoms with E-state index in [1.807, 2.05) is 0 Å². The van der Waals surface area contributed by atoms with Crippen molar-refractivity contribution in [3.63, 3.8) is 0 Å². The Morgan fingerprint density at radius 3 is 2.56 bits per heavy atom. The van der Waals surface area contributed by atoms with Crippen LogP contribution in [-0.2, 0) is 9.53 Å². The van der Waals surface area contributed by atoms with Crippen molar-refractivity contribution in [1.82, 2.24) is 4.98 Å². The molecule has 1 aromatic heterocycles. The van der Waals surface area contributed by atoms with Crippen LogP contribution in [0.2, 0.25) is 10.0 Å². The zero-order valence-electron chi connectivity index (χ0n) is 13.5. The van der Waals surface area contributed by atoms with E-state index in [0.717, 1.165) is 0 Å². The second-order valence-electron chi connectivity index (χ2n) is 5.70. The topological polar surface area (TPSA) is 71.5 Å². The van der Waals surface area contributed by atoms with Gasteiger partial charge in [0.25, 0.3) is 5.91 Å². The van der Waals surface area contributed by atoms with Crippen LogP contribution in [0.5, 0.6) is 0 Å². The number of hydrogen-bond donors (Lipinski definition) is 1. The van der Waals surface area contributed by atoms with Gasteiger partial charge in [0.2, 0.25) is 0 Å². The number of pyridine rings is 1. The first-order chi connectivity index (χ1) is 11.9. The Morgan fingerprint density at radius 1 is 1.24 bits per heavy atom. The third-order valence-corrected chi connectivity index (χ3v) is 4.24. The Kier molecular flexibility index (Phi) is 4.83. The van der Waals surface area contributed by atoms with Gasteiger partial charge in [-0.15, -0.1) is 0 Å². The first-order valence-electron chi connectivity index (χ1n) is 7.59. The van der Waals surface area contributed by atoms with E-state index < -0.39 is 18.0 Å². The molecular weight excluding hydrogens is 365 g/mol. The number of halogens is 2. The number of benzene rings is 1. The minimum absolute atomic E-state index is 0.272. The predicted octanol–water partition coefficient (Wildman–Crippen LogP) is 4.43. The second-order valence-corrected chi connectivity index (χ2v) is 6.52. The highest BCUT2D eigenvalue weighted by atomic mass is 35.5. The maximum absolute atomic E-state index is 12.8. The quantitative estimate of drug-likeness (QED) is 0.837. The van der Waals surface area contributed by atoms with Crippen molar-refractivity contribution in [3.05, 3.63) is 52.1 Å². The molecule has 0 bridgehead atoms. The van der Waals surface area contributed by atoms with E-state index in [1.54, 1.807) is 44.2 Å². The molecular formula is C17H15Cl2N3O3. The van der Waals surface area contributed by atoms with Gasteiger partial charge in [-0.05, 0) is 38.1 Å². The Labute approximate surface area is 154 Å². The van der Waals surface area contributed by atoms with Gasteiger partial charge >= 0.3 is 6.09 Å². The number of rotatable bonds is 2. The smallest absolute Gasteiger partial charge is 0.416 e. The fraction of sp³-hybridized carbons (Fsp3) is 0.235. The van der Waals surface area contributed by atoms with Crippen molar-refractivity contribution < 1.29 is 14.3 Å². The van der Waals surface area contributed by atoms with Crippen molar-refractivity contribution in [3.8, 4) is 0 Å². The molecule has 1 aliphatic rings. The average molecular weight is 380 g/mol. The highest BCUT2D eigenvalue weighted by Crippen LogP contribution is 2.41. The molecule has 1 unspecified atom stereocenters. The Morgan fingerprint density at radius 2 is 1.92 bits per heavy atom. The second kappa shape index (κ2) is 6.90. The Bertz CT molecular complexity index is 821. The SMILES string of the molecule is CC(C)OC(=O)N1c2ncccc2NC(=O)C1c1c(Cl)cccc1Cl. The molecule has 2 amide bonds. The summed E-state index contributed by atoms with van der Waals surface area (Å²) in [6, 6.07) is 7.10. The first kappa shape index (κ1) is 17.5. The zero-order valence-corrected chi connectivity index (χ0v) is 15.0. The summed E-state index contributed by atoms with van der Waals surface area (Å²) < 4.78 is 5.31. The van der Waals surface area contributed by atoms with Gasteiger partial charge < -0.3 is 10.1 Å². The summed E-state index contributed by atoms with van der Waals surface area (Å²) in [7, 11) is 0. The molecule has 0 spiro atoms. The third kappa shape index (κ3) is 3.27. The highest BCUT2D eigenvalue weighted by Gasteiger charge is 2.42. The van der Waals surface area contributed by atoms with E-state index >= 15 is 0 Å². The first-order valence-corrected chi connectivity index (χ1v) is 8.35. The predicted molar refractivity (Wildman–Crippen MR) is 96.2 cm³/mol. The Balaban J connectivity index is 2.18. The maximum Gasteiger partial charge on any atom is 0.416 e. The third-order valence-electron chi connectivity index (χ3n) is 3.59. The summed E-state index contributed by atoms with van der Waals surface area (Å²) in [5.41, 5.74) is 0.730. The van der Waals surface area contributed by atoms with Gasteiger partial charge in [0.1, 0.15) is 6.04 Å². The van der Waals surface area contributed by atoms with Gasteiger partial charge in [-0.3, -0.25) is 4.79 Å². The molecule has 1 atom stereocenters. The van der Waals surface area contributed by atoms with Crippen molar-refractivity contribution >= 4 is 46.7 Å². The molecule has 8 heteroatoms. The van der Waals surface area contributed by atoms with Crippen LogP contribution in [0.3, 0.4) is 0 Å². The number of amides is 2. The van der Waals surface area contributed by atoms with E-state index in [-0.39, 0.29) is 22.0 Å². The molecule has 2 heterocycles. The monoisotopic (exact) mass is 379 g/mol. The molecule has 1 N–H and O–H groups in total. The summed E-state index contributed by atoms with van der Waals surface area (Å²) in [6.07, 6.45) is 0.454. The van der Waals surface area contributed by atoms with Crippen LogP contribution in [0.15, 0.2) is 36.5 Å². The van der Waals surface area contributed by atoms with Crippen molar-refractivity contribution in [1.29, 1.82) is 0 Å². The van der Waals surface area contributed by atoms with Crippen molar-refractivity contribution in [2.24, 2.45) is 0 Å². The van der Waals surface area contributed by atoms with Crippen molar-refractivity contribution in [2.45, 2.75) is 26.0 Å². The van der Waals surface area contributed by atoms with Gasteiger partial charge in [0.05, 0.1) is 11.8 Å². The minimum Gasteiger partial charge on any atom is -0.446 e. The normalized spacial score (nSPS) is 16.4. The molecule has 6 nitrogen and oxygen atoms in total. The summed E-state index contributed by atoms with van der Waals surface area (Å²) >= 11 is 12.5. The molecule has 1 aromatic carbocycles. The van der Waals surface area contributed by atoms with Crippen LogP contribution in [0.25, 0.3) is 0 Å². The molecule has 2 aromatic rings. The average Bonchev–Trinajstić information content (AvgIpc) is 2.54. The summed E-state index contributed by atoms with van der Waals surface area (Å²) in [6.45, 7) is 3.44. The number of hydrogen-bond acceptors (Lipinski definition) is 4. The molecule has 0 fully saturated rings. The van der Waals surface area contributed by atoms with Gasteiger partial charge in [-0.2, -0.15) is 0 Å². The fourth-order valence-corrected chi connectivity index (χ4v) is 3.21. The number of aromatic nitrogens is 1. The van der Waals surface area contributed by atoms with Gasteiger partial charge in [-0.1, -0.05) is 29.3 Å². The number of fused-ring (bicyclic) bond motifs is 1. The number of anilines is 2. The van der Waals surface area contributed by atoms with Gasteiger partial charge in [0, 0.05) is 21.8 Å². The van der Waals surface area contributed by atoms with E-state index in [0.29, 0.717) is 11.3 Å². The molecule has 3 rings (SSSR count). The zero-order chi connectivity index (χ0) is 18.1. The van der Waals surface area contributed by atoms with Crippen LogP contribution in [0.4, 0.5) is 16.3 Å². The molecule has 0 aliphatic carbocycles. The van der Waals surface area contributed by atoms with E-state index in [2.05, 4.69) is 10.3 Å². The number of ether oxygens (including phenoxy) is 1. The summed E-state index contributed by atoms with van der Waals surface area (Å²) in [5, 5.41) is 3.28. The lowest BCUT2D eigenvalue weighted by Gasteiger charge is -2.35. The molecule has 1 aliphatic heterocycles. The minimum atomic E-state index is -1.09. The molecule has 0 saturated carbocycles. The lowest BCUT2D eigenvalue weighted by Crippen LogP contribution is -2.46. The number of nitrogens with zero attached hydrogens (tertiary/aromatic N) is 2. The Hall–Kier alpha value is -2.31. The number of nitrogens with one attached hydrogen (secondary N) is 1. The molecule has 130 valence electrons. The standard InChI is InChI=1S/C17H15Cl2N3O3/c1-9(2)25-17(24)22-14(13-10(18)5-3-6-11(13)19)16(23)21-12-7-4-8-20-15(12)22/h3-9,14H,1-2H3,(H,21,23). The largest absolute Gasteiger partial charge is 0.446 e. The van der Waals surface area contributed by atoms with E-state index in [4.69, 9.17) is 27.9 Å². The molecule has 0 saturated heterocycles. The lowest BCUT2D eigenvalue weighted by molar-refractivity contribution is -0.117. The van der Waals surface area contributed by atoms with Crippen LogP contribution in [0.1, 0.15) is 25.5 Å². The number of carbonyl (C=O) groups excluding carboxylic acids is 2. The van der Waals surface area contributed by atoms with Crippen LogP contribution < -0.4 is 10.2 Å². The lowest BCUT2D eigenvalue weighted by atomic mass is 10.0. The van der Waals surface area contributed by atoms with E-state index in [1.165, 1.54) is 11.1 Å². The highest BCUT2D eigenvalue weighted by molar-refractivity contribution is 6.37. The van der Waals surface area contributed by atoms with Gasteiger partial charge in [0.15, 0.2) is 5.82 Å². The van der Waals surface area contributed by atoms with E-state index in [9.17, 15) is 9.59 Å². The van der Waals surface area contributed by atoms with Crippen molar-refractivity contribution in [2.75, 3.05) is 10.2 Å².